The number of halogens is 3. The molecular formula is C18H21F3N4O. The van der Waals surface area contributed by atoms with Crippen LogP contribution in [-0.4, -0.2) is 35.0 Å². The van der Waals surface area contributed by atoms with Crippen LogP contribution in [0.4, 0.5) is 13.2 Å². The zero-order valence-corrected chi connectivity index (χ0v) is 14.6. The van der Waals surface area contributed by atoms with Crippen LogP contribution in [0.5, 0.6) is 0 Å². The summed E-state index contributed by atoms with van der Waals surface area (Å²) in [5.41, 5.74) is 0.00183. The molecule has 2 N–H and O–H groups in total. The van der Waals surface area contributed by atoms with Gasteiger partial charge in [0.1, 0.15) is 6.54 Å². The second kappa shape index (κ2) is 5.70. The lowest BCUT2D eigenvalue weighted by atomic mass is 9.96. The van der Waals surface area contributed by atoms with Crippen LogP contribution in [-0.2, 0) is 16.9 Å². The summed E-state index contributed by atoms with van der Waals surface area (Å²) in [6, 6.07) is 6.81. The Morgan fingerprint density at radius 2 is 1.92 bits per heavy atom. The van der Waals surface area contributed by atoms with Crippen molar-refractivity contribution in [3.8, 4) is 0 Å². The molecule has 1 amide bonds. The van der Waals surface area contributed by atoms with Crippen LogP contribution in [0, 0.1) is 17.8 Å². The van der Waals surface area contributed by atoms with Crippen LogP contribution in [0.1, 0.15) is 19.5 Å². The maximum absolute atomic E-state index is 12.9. The Morgan fingerprint density at radius 3 is 2.58 bits per heavy atom. The molecule has 4 rings (SSSR count). The Bertz CT molecular complexity index is 848. The molecule has 2 fully saturated rings. The third-order valence-corrected chi connectivity index (χ3v) is 5.41. The summed E-state index contributed by atoms with van der Waals surface area (Å²) >= 11 is 0. The Hall–Kier alpha value is -2.09. The van der Waals surface area contributed by atoms with Crippen LogP contribution >= 0.6 is 0 Å². The quantitative estimate of drug-likeness (QED) is 0.874. The number of amides is 1. The predicted molar refractivity (Wildman–Crippen MR) is 90.3 cm³/mol. The molecule has 1 aliphatic carbocycles. The number of carbonyl (C=O) groups excluding carboxylic acids is 1. The van der Waals surface area contributed by atoms with Crippen LogP contribution in [0.2, 0.25) is 0 Å². The van der Waals surface area contributed by atoms with Gasteiger partial charge in [-0.3, -0.25) is 9.48 Å². The summed E-state index contributed by atoms with van der Waals surface area (Å²) in [5, 5.41) is 11.1. The number of nitrogens with zero attached hydrogens (tertiary/aromatic N) is 2. The number of benzene rings is 1. The molecule has 1 saturated heterocycles. The van der Waals surface area contributed by atoms with E-state index in [9.17, 15) is 18.0 Å². The predicted octanol–water partition coefficient (Wildman–Crippen LogP) is 2.42. The van der Waals surface area contributed by atoms with Crippen molar-refractivity contribution < 1.29 is 18.0 Å². The first-order valence-electron chi connectivity index (χ1n) is 8.73. The fourth-order valence-corrected chi connectivity index (χ4v) is 4.14. The van der Waals surface area contributed by atoms with Crippen molar-refractivity contribution >= 4 is 16.8 Å². The number of hydrogen-bond donors (Lipinski definition) is 2. The molecule has 26 heavy (non-hydrogen) atoms. The van der Waals surface area contributed by atoms with Crippen molar-refractivity contribution in [3.63, 3.8) is 0 Å². The summed E-state index contributed by atoms with van der Waals surface area (Å²) in [7, 11) is 0. The average Bonchev–Trinajstić information content (AvgIpc) is 2.88. The zero-order valence-electron chi connectivity index (χ0n) is 14.6. The Balaban J connectivity index is 1.63. The first-order valence-corrected chi connectivity index (χ1v) is 8.73. The summed E-state index contributed by atoms with van der Waals surface area (Å²) in [6.07, 6.45) is -4.36. The molecule has 2 aromatic rings. The van der Waals surface area contributed by atoms with Crippen molar-refractivity contribution in [2.24, 2.45) is 17.8 Å². The molecule has 3 atom stereocenters. The summed E-state index contributed by atoms with van der Waals surface area (Å²) in [4.78, 5) is 12.6. The highest BCUT2D eigenvalue weighted by molar-refractivity contribution is 5.86. The lowest BCUT2D eigenvalue weighted by Gasteiger charge is -2.25. The highest BCUT2D eigenvalue weighted by Gasteiger charge is 2.57. The molecule has 5 nitrogen and oxygen atoms in total. The van der Waals surface area contributed by atoms with Crippen molar-refractivity contribution in [2.45, 2.75) is 32.1 Å². The minimum Gasteiger partial charge on any atom is -0.345 e. The molecule has 140 valence electrons. The second-order valence-corrected chi connectivity index (χ2v) is 7.76. The van der Waals surface area contributed by atoms with Gasteiger partial charge in [0, 0.05) is 11.3 Å². The van der Waals surface area contributed by atoms with Gasteiger partial charge < -0.3 is 10.6 Å². The fraction of sp³-hybridized carbons (Fsp3) is 0.556. The molecule has 1 aliphatic heterocycles. The van der Waals surface area contributed by atoms with Gasteiger partial charge in [-0.25, -0.2) is 0 Å². The van der Waals surface area contributed by atoms with Gasteiger partial charge >= 0.3 is 6.18 Å². The van der Waals surface area contributed by atoms with E-state index in [4.69, 9.17) is 0 Å². The Morgan fingerprint density at radius 1 is 1.27 bits per heavy atom. The Labute approximate surface area is 148 Å². The number of rotatable bonds is 4. The number of nitrogens with one attached hydrogen (secondary N) is 2. The van der Waals surface area contributed by atoms with E-state index in [2.05, 4.69) is 15.7 Å². The van der Waals surface area contributed by atoms with E-state index in [1.54, 1.807) is 38.1 Å². The molecule has 0 radical (unpaired) electrons. The standard InChI is InChI=1S/C18H21F3N4O/c1-17(2,23-16(26)14-11-7-22-8-12(11)14)15-10-5-3-4-6-13(10)25(24-15)9-18(19,20)21/h3-6,11-12,14,22H,7-9H2,1-2H3,(H,23,26)/t11-,12+,14?. The molecule has 1 unspecified atom stereocenters. The van der Waals surface area contributed by atoms with Gasteiger partial charge in [-0.15, -0.1) is 0 Å². The van der Waals surface area contributed by atoms with Gasteiger partial charge in [-0.2, -0.15) is 18.3 Å². The molecular weight excluding hydrogens is 345 g/mol. The van der Waals surface area contributed by atoms with Crippen molar-refractivity contribution in [3.05, 3.63) is 30.0 Å². The minimum absolute atomic E-state index is 0.000880. The molecule has 1 saturated carbocycles. The third kappa shape index (κ3) is 2.96. The lowest BCUT2D eigenvalue weighted by molar-refractivity contribution is -0.142. The van der Waals surface area contributed by atoms with Crippen LogP contribution in [0.15, 0.2) is 24.3 Å². The number of para-hydroxylation sites is 1. The van der Waals surface area contributed by atoms with Gasteiger partial charge in [-0.05, 0) is 44.8 Å². The van der Waals surface area contributed by atoms with Crippen LogP contribution in [0.25, 0.3) is 10.9 Å². The fourth-order valence-electron chi connectivity index (χ4n) is 4.14. The van der Waals surface area contributed by atoms with E-state index in [0.29, 0.717) is 28.4 Å². The summed E-state index contributed by atoms with van der Waals surface area (Å²) in [5.74, 6) is 0.718. The number of hydrogen-bond acceptors (Lipinski definition) is 3. The SMILES string of the molecule is CC(C)(NC(=O)C1[C@H]2CNC[C@@H]12)c1nn(CC(F)(F)F)c2ccccc12. The molecule has 1 aromatic carbocycles. The van der Waals surface area contributed by atoms with E-state index in [1.165, 1.54) is 0 Å². The van der Waals surface area contributed by atoms with Gasteiger partial charge in [0.2, 0.25) is 5.91 Å². The number of alkyl halides is 3. The van der Waals surface area contributed by atoms with Crippen molar-refractivity contribution in [2.75, 3.05) is 13.1 Å². The van der Waals surface area contributed by atoms with E-state index < -0.39 is 18.3 Å². The normalized spacial score (nSPS) is 25.3. The van der Waals surface area contributed by atoms with E-state index in [-0.39, 0.29) is 11.8 Å². The molecule has 0 spiro atoms. The van der Waals surface area contributed by atoms with Gasteiger partial charge in [-0.1, -0.05) is 18.2 Å². The molecule has 8 heteroatoms. The smallest absolute Gasteiger partial charge is 0.345 e. The summed E-state index contributed by atoms with van der Waals surface area (Å²) in [6.45, 7) is 4.12. The highest BCUT2D eigenvalue weighted by Crippen LogP contribution is 2.49. The number of aromatic nitrogens is 2. The number of carbonyl (C=O) groups is 1. The van der Waals surface area contributed by atoms with E-state index >= 15 is 0 Å². The second-order valence-electron chi connectivity index (χ2n) is 7.76. The maximum atomic E-state index is 12.9. The topological polar surface area (TPSA) is 59.0 Å². The minimum atomic E-state index is -4.36. The van der Waals surface area contributed by atoms with E-state index in [1.807, 2.05) is 0 Å². The number of piperidine rings is 1. The largest absolute Gasteiger partial charge is 0.408 e. The molecule has 1 aromatic heterocycles. The van der Waals surface area contributed by atoms with Gasteiger partial charge in [0.05, 0.1) is 16.7 Å². The first kappa shape index (κ1) is 17.3. The first-order chi connectivity index (χ1) is 12.2. The van der Waals surface area contributed by atoms with Crippen LogP contribution < -0.4 is 10.6 Å². The average molecular weight is 366 g/mol. The van der Waals surface area contributed by atoms with Crippen LogP contribution in [0.3, 0.4) is 0 Å². The maximum Gasteiger partial charge on any atom is 0.408 e. The molecule has 2 aliphatic rings. The number of fused-ring (bicyclic) bond motifs is 2. The molecule has 2 heterocycles. The lowest BCUT2D eigenvalue weighted by Crippen LogP contribution is -2.43. The highest BCUT2D eigenvalue weighted by atomic mass is 19.4. The Kier molecular flexibility index (Phi) is 3.80. The van der Waals surface area contributed by atoms with E-state index in [0.717, 1.165) is 17.8 Å². The third-order valence-electron chi connectivity index (χ3n) is 5.41. The summed E-state index contributed by atoms with van der Waals surface area (Å²) < 4.78 is 39.6. The monoisotopic (exact) mass is 366 g/mol. The van der Waals surface area contributed by atoms with Gasteiger partial charge in [0.25, 0.3) is 0 Å². The van der Waals surface area contributed by atoms with Crippen molar-refractivity contribution in [1.82, 2.24) is 20.4 Å². The van der Waals surface area contributed by atoms with Gasteiger partial charge in [0.15, 0.2) is 0 Å². The van der Waals surface area contributed by atoms with Crippen molar-refractivity contribution in [1.29, 1.82) is 0 Å². The molecule has 0 bridgehead atoms. The zero-order chi connectivity index (χ0) is 18.7.